The van der Waals surface area contributed by atoms with Crippen molar-refractivity contribution in [3.05, 3.63) is 43.8 Å². The van der Waals surface area contributed by atoms with E-state index in [0.29, 0.717) is 19.5 Å². The van der Waals surface area contributed by atoms with E-state index in [4.69, 9.17) is 0 Å². The summed E-state index contributed by atoms with van der Waals surface area (Å²) < 4.78 is 14.8. The topological polar surface area (TPSA) is 25.8 Å². The Bertz CT molecular complexity index is 525. The van der Waals surface area contributed by atoms with Gasteiger partial charge in [-0.25, -0.2) is 14.4 Å². The normalized spacial score (nSPS) is 10.5. The summed E-state index contributed by atoms with van der Waals surface area (Å²) in [5.41, 5.74) is 0.746. The van der Waals surface area contributed by atoms with Gasteiger partial charge in [-0.1, -0.05) is 0 Å². The molecule has 2 aromatic rings. The monoisotopic (exact) mass is 408 g/mol. The molecule has 1 heterocycles. The van der Waals surface area contributed by atoms with E-state index in [1.165, 1.54) is 6.07 Å². The molecule has 0 aliphatic rings. The van der Waals surface area contributed by atoms with Crippen LogP contribution in [0.25, 0.3) is 11.4 Å². The summed E-state index contributed by atoms with van der Waals surface area (Å²) in [6, 6.07) is 6.39. The molecule has 0 saturated carbocycles. The lowest BCUT2D eigenvalue weighted by atomic mass is 10.2. The number of hydrogen-bond donors (Lipinski definition) is 0. The quantitative estimate of drug-likeness (QED) is 0.643. The molecule has 0 unspecified atom stereocenters. The van der Waals surface area contributed by atoms with E-state index >= 15 is 0 Å². The average Bonchev–Trinajstić information content (AvgIpc) is 2.20. The molecule has 0 amide bonds. The highest BCUT2D eigenvalue weighted by atomic mass is 79.9. The van der Waals surface area contributed by atoms with Gasteiger partial charge < -0.3 is 0 Å². The molecular formula is C10H4Br3FN2. The molecule has 0 fully saturated rings. The van der Waals surface area contributed by atoms with Crippen molar-refractivity contribution >= 4 is 47.8 Å². The van der Waals surface area contributed by atoms with Crippen LogP contribution >= 0.6 is 47.8 Å². The van der Waals surface area contributed by atoms with Crippen LogP contribution in [-0.2, 0) is 0 Å². The molecule has 0 radical (unpaired) electrons. The van der Waals surface area contributed by atoms with Crippen LogP contribution in [-0.4, -0.2) is 9.97 Å². The fraction of sp³-hybridized carbons (Fsp3) is 0. The van der Waals surface area contributed by atoms with Gasteiger partial charge in [0.1, 0.15) is 15.0 Å². The van der Waals surface area contributed by atoms with E-state index in [1.54, 1.807) is 18.2 Å². The molecule has 16 heavy (non-hydrogen) atoms. The maximum absolute atomic E-state index is 13.1. The number of hydrogen-bond acceptors (Lipinski definition) is 2. The van der Waals surface area contributed by atoms with Crippen molar-refractivity contribution in [2.45, 2.75) is 0 Å². The highest BCUT2D eigenvalue weighted by molar-refractivity contribution is 9.11. The Morgan fingerprint density at radius 2 is 1.56 bits per heavy atom. The summed E-state index contributed by atoms with van der Waals surface area (Å²) in [6.07, 6.45) is 0. The minimum absolute atomic E-state index is 0.308. The highest BCUT2D eigenvalue weighted by Crippen LogP contribution is 2.25. The smallest absolute Gasteiger partial charge is 0.161 e. The fourth-order valence-electron chi connectivity index (χ4n) is 1.15. The lowest BCUT2D eigenvalue weighted by molar-refractivity contribution is 0.621. The van der Waals surface area contributed by atoms with Gasteiger partial charge in [-0.05, 0) is 66.0 Å². The molecule has 6 heteroatoms. The first kappa shape index (κ1) is 12.1. The molecule has 0 bridgehead atoms. The zero-order valence-electron chi connectivity index (χ0n) is 7.72. The lowest BCUT2D eigenvalue weighted by Gasteiger charge is -2.03. The molecule has 1 aromatic carbocycles. The third kappa shape index (κ3) is 2.67. The van der Waals surface area contributed by atoms with E-state index in [9.17, 15) is 4.39 Å². The van der Waals surface area contributed by atoms with Gasteiger partial charge in [-0.15, -0.1) is 0 Å². The lowest BCUT2D eigenvalue weighted by Crippen LogP contribution is -1.91. The van der Waals surface area contributed by atoms with Crippen LogP contribution in [0.3, 0.4) is 0 Å². The van der Waals surface area contributed by atoms with Crippen molar-refractivity contribution in [3.8, 4) is 11.4 Å². The summed E-state index contributed by atoms with van der Waals surface area (Å²) in [5, 5.41) is 0. The molecule has 0 atom stereocenters. The zero-order chi connectivity index (χ0) is 11.7. The standard InChI is InChI=1S/C10H4Br3FN2/c11-6-3-5(1-2-7(6)14)10-15-8(12)4-9(13)16-10/h1-4H. The number of nitrogens with zero attached hydrogens (tertiary/aromatic N) is 2. The molecule has 0 N–H and O–H groups in total. The summed E-state index contributed by atoms with van der Waals surface area (Å²) in [7, 11) is 0. The Kier molecular flexibility index (Phi) is 3.71. The van der Waals surface area contributed by atoms with Crippen molar-refractivity contribution < 1.29 is 4.39 Å². The zero-order valence-corrected chi connectivity index (χ0v) is 12.5. The van der Waals surface area contributed by atoms with Crippen LogP contribution in [0.1, 0.15) is 0 Å². The third-order valence-corrected chi connectivity index (χ3v) is 3.26. The second-order valence-electron chi connectivity index (χ2n) is 2.97. The van der Waals surface area contributed by atoms with Crippen molar-refractivity contribution in [1.29, 1.82) is 0 Å². The second kappa shape index (κ2) is 4.89. The Balaban J connectivity index is 2.54. The van der Waals surface area contributed by atoms with Gasteiger partial charge in [0.05, 0.1) is 4.47 Å². The molecule has 0 saturated heterocycles. The van der Waals surface area contributed by atoms with Gasteiger partial charge in [-0.3, -0.25) is 0 Å². The Morgan fingerprint density at radius 1 is 0.938 bits per heavy atom. The van der Waals surface area contributed by atoms with Crippen molar-refractivity contribution in [1.82, 2.24) is 9.97 Å². The highest BCUT2D eigenvalue weighted by Gasteiger charge is 2.07. The van der Waals surface area contributed by atoms with E-state index in [1.807, 2.05) is 0 Å². The summed E-state index contributed by atoms with van der Waals surface area (Å²) in [4.78, 5) is 8.41. The van der Waals surface area contributed by atoms with E-state index in [-0.39, 0.29) is 5.82 Å². The Morgan fingerprint density at radius 3 is 2.12 bits per heavy atom. The molecule has 2 nitrogen and oxygen atoms in total. The predicted molar refractivity (Wildman–Crippen MR) is 70.5 cm³/mol. The van der Waals surface area contributed by atoms with Gasteiger partial charge in [0.25, 0.3) is 0 Å². The first-order valence-electron chi connectivity index (χ1n) is 4.22. The van der Waals surface area contributed by atoms with Crippen LogP contribution in [0.4, 0.5) is 4.39 Å². The SMILES string of the molecule is Fc1ccc(-c2nc(Br)cc(Br)n2)cc1Br. The summed E-state index contributed by atoms with van der Waals surface area (Å²) in [5.74, 6) is 0.222. The van der Waals surface area contributed by atoms with Crippen molar-refractivity contribution in [2.75, 3.05) is 0 Å². The summed E-state index contributed by atoms with van der Waals surface area (Å²) in [6.45, 7) is 0. The van der Waals surface area contributed by atoms with Gasteiger partial charge in [0, 0.05) is 11.6 Å². The minimum Gasteiger partial charge on any atom is -0.221 e. The van der Waals surface area contributed by atoms with Crippen LogP contribution in [0.5, 0.6) is 0 Å². The van der Waals surface area contributed by atoms with Gasteiger partial charge in [0.15, 0.2) is 5.82 Å². The fourth-order valence-corrected chi connectivity index (χ4v) is 2.61. The largest absolute Gasteiger partial charge is 0.221 e. The Hall–Kier alpha value is -0.330. The molecule has 1 aromatic heterocycles. The van der Waals surface area contributed by atoms with Crippen LogP contribution in [0.15, 0.2) is 37.9 Å². The number of halogens is 4. The van der Waals surface area contributed by atoms with Gasteiger partial charge in [-0.2, -0.15) is 0 Å². The number of rotatable bonds is 1. The van der Waals surface area contributed by atoms with E-state index < -0.39 is 0 Å². The van der Waals surface area contributed by atoms with Crippen molar-refractivity contribution in [3.63, 3.8) is 0 Å². The first-order chi connectivity index (χ1) is 7.56. The minimum atomic E-state index is -0.308. The second-order valence-corrected chi connectivity index (χ2v) is 5.45. The van der Waals surface area contributed by atoms with Crippen LogP contribution in [0.2, 0.25) is 0 Å². The molecular weight excluding hydrogens is 407 g/mol. The molecule has 82 valence electrons. The maximum Gasteiger partial charge on any atom is 0.161 e. The predicted octanol–water partition coefficient (Wildman–Crippen LogP) is 4.57. The van der Waals surface area contributed by atoms with E-state index in [2.05, 4.69) is 57.8 Å². The maximum atomic E-state index is 13.1. The number of aromatic nitrogens is 2. The summed E-state index contributed by atoms with van der Waals surface area (Å²) >= 11 is 9.68. The average molecular weight is 411 g/mol. The Labute approximate surface area is 117 Å². The van der Waals surface area contributed by atoms with Crippen molar-refractivity contribution in [2.24, 2.45) is 0 Å². The first-order valence-corrected chi connectivity index (χ1v) is 6.59. The van der Waals surface area contributed by atoms with Crippen LogP contribution < -0.4 is 0 Å². The molecule has 0 aliphatic carbocycles. The van der Waals surface area contributed by atoms with Gasteiger partial charge in [0.2, 0.25) is 0 Å². The number of benzene rings is 1. The van der Waals surface area contributed by atoms with E-state index in [0.717, 1.165) is 5.56 Å². The van der Waals surface area contributed by atoms with Crippen LogP contribution in [0, 0.1) is 5.82 Å². The molecule has 0 spiro atoms. The van der Waals surface area contributed by atoms with Gasteiger partial charge >= 0.3 is 0 Å². The molecule has 2 rings (SSSR count). The third-order valence-electron chi connectivity index (χ3n) is 1.84. The molecule has 0 aliphatic heterocycles.